The van der Waals surface area contributed by atoms with Gasteiger partial charge in [0.1, 0.15) is 12.3 Å². The fourth-order valence-corrected chi connectivity index (χ4v) is 3.87. The third-order valence-electron chi connectivity index (χ3n) is 4.10. The first kappa shape index (κ1) is 17.8. The Morgan fingerprint density at radius 1 is 1.32 bits per heavy atom. The van der Waals surface area contributed by atoms with E-state index in [4.69, 9.17) is 16.3 Å². The maximum absolute atomic E-state index is 12.5. The molecule has 2 heterocycles. The zero-order valence-corrected chi connectivity index (χ0v) is 15.2. The van der Waals surface area contributed by atoms with Crippen LogP contribution >= 0.6 is 23.4 Å². The summed E-state index contributed by atoms with van der Waals surface area (Å²) in [5, 5.41) is -0.0110. The van der Waals surface area contributed by atoms with Crippen molar-refractivity contribution in [2.24, 2.45) is 0 Å². The highest BCUT2D eigenvalue weighted by atomic mass is 35.5. The molecular formula is C17H17ClN2O4S. The van der Waals surface area contributed by atoms with Gasteiger partial charge in [-0.1, -0.05) is 17.7 Å². The van der Waals surface area contributed by atoms with Crippen molar-refractivity contribution in [3.05, 3.63) is 33.7 Å². The first-order valence-electron chi connectivity index (χ1n) is 7.86. The van der Waals surface area contributed by atoms with Gasteiger partial charge < -0.3 is 9.64 Å². The number of carbonyl (C=O) groups excluding carboxylic acids is 3. The maximum Gasteiger partial charge on any atom is 0.294 e. The monoisotopic (exact) mass is 380 g/mol. The van der Waals surface area contributed by atoms with Gasteiger partial charge in [0.25, 0.3) is 11.1 Å². The number of rotatable bonds is 4. The van der Waals surface area contributed by atoms with E-state index < -0.39 is 11.1 Å². The number of halogens is 1. The van der Waals surface area contributed by atoms with Crippen molar-refractivity contribution >= 4 is 46.5 Å². The third kappa shape index (κ3) is 3.82. The fourth-order valence-electron chi connectivity index (χ4n) is 2.76. The van der Waals surface area contributed by atoms with Gasteiger partial charge in [-0.2, -0.15) is 0 Å². The molecule has 3 amide bonds. The van der Waals surface area contributed by atoms with E-state index in [-0.39, 0.29) is 17.4 Å². The molecule has 0 aromatic heterocycles. The van der Waals surface area contributed by atoms with Gasteiger partial charge in [-0.15, -0.1) is 0 Å². The van der Waals surface area contributed by atoms with Crippen molar-refractivity contribution in [1.82, 2.24) is 9.80 Å². The van der Waals surface area contributed by atoms with E-state index >= 15 is 0 Å². The van der Waals surface area contributed by atoms with Crippen LogP contribution in [0.25, 0.3) is 6.08 Å². The highest BCUT2D eigenvalue weighted by molar-refractivity contribution is 8.18. The quantitative estimate of drug-likeness (QED) is 0.751. The average Bonchev–Trinajstić information content (AvgIpc) is 3.20. The highest BCUT2D eigenvalue weighted by Gasteiger charge is 2.37. The molecule has 0 N–H and O–H groups in total. The Labute approximate surface area is 154 Å². The zero-order chi connectivity index (χ0) is 18.0. The van der Waals surface area contributed by atoms with E-state index in [1.807, 2.05) is 0 Å². The van der Waals surface area contributed by atoms with E-state index in [0.29, 0.717) is 29.4 Å². The lowest BCUT2D eigenvalue weighted by atomic mass is 10.2. The second-order valence-corrected chi connectivity index (χ2v) is 7.15. The van der Waals surface area contributed by atoms with Crippen molar-refractivity contribution in [3.8, 4) is 5.75 Å². The van der Waals surface area contributed by atoms with Gasteiger partial charge in [-0.3, -0.25) is 19.3 Å². The largest absolute Gasteiger partial charge is 0.495 e. The smallest absolute Gasteiger partial charge is 0.294 e. The van der Waals surface area contributed by atoms with Crippen LogP contribution in [0.3, 0.4) is 0 Å². The van der Waals surface area contributed by atoms with Crippen LogP contribution in [0.15, 0.2) is 23.1 Å². The van der Waals surface area contributed by atoms with Crippen molar-refractivity contribution in [2.45, 2.75) is 12.8 Å². The summed E-state index contributed by atoms with van der Waals surface area (Å²) in [4.78, 5) is 39.7. The number of ether oxygens (including phenoxy) is 1. The number of thioether (sulfide) groups is 1. The third-order valence-corrected chi connectivity index (χ3v) is 5.30. The summed E-state index contributed by atoms with van der Waals surface area (Å²) in [6.45, 7) is 1.18. The molecule has 2 aliphatic rings. The standard InChI is InChI=1S/C17H17ClN2O4S/c1-24-13-5-4-11(8-12(13)18)9-14-16(22)20(17(23)25-14)10-15(21)19-6-2-3-7-19/h4-5,8-9H,2-3,6-7,10H2,1H3. The van der Waals surface area contributed by atoms with Crippen molar-refractivity contribution in [1.29, 1.82) is 0 Å². The summed E-state index contributed by atoms with van der Waals surface area (Å²) >= 11 is 6.91. The van der Waals surface area contributed by atoms with Crippen molar-refractivity contribution in [2.75, 3.05) is 26.7 Å². The average molecular weight is 381 g/mol. The van der Waals surface area contributed by atoms with Crippen LogP contribution in [0.1, 0.15) is 18.4 Å². The number of carbonyl (C=O) groups is 3. The number of nitrogens with zero attached hydrogens (tertiary/aromatic N) is 2. The SMILES string of the molecule is COc1ccc(C=C2SC(=O)N(CC(=O)N3CCCC3)C2=O)cc1Cl. The minimum absolute atomic E-state index is 0.187. The van der Waals surface area contributed by atoms with E-state index in [1.165, 1.54) is 7.11 Å². The van der Waals surface area contributed by atoms with Crippen LogP contribution in [0.2, 0.25) is 5.02 Å². The molecule has 1 aromatic rings. The number of hydrogen-bond donors (Lipinski definition) is 0. The number of imide groups is 1. The summed E-state index contributed by atoms with van der Waals surface area (Å²) in [5.74, 6) is -0.105. The number of methoxy groups -OCH3 is 1. The highest BCUT2D eigenvalue weighted by Crippen LogP contribution is 2.33. The summed E-state index contributed by atoms with van der Waals surface area (Å²) in [7, 11) is 1.52. The Morgan fingerprint density at radius 3 is 2.68 bits per heavy atom. The van der Waals surface area contributed by atoms with E-state index in [0.717, 1.165) is 29.5 Å². The van der Waals surface area contributed by atoms with Crippen molar-refractivity contribution in [3.63, 3.8) is 0 Å². The lowest BCUT2D eigenvalue weighted by Gasteiger charge is -2.18. The van der Waals surface area contributed by atoms with Gasteiger partial charge >= 0.3 is 0 Å². The second kappa shape index (κ2) is 7.49. The van der Waals surface area contributed by atoms with Crippen LogP contribution in [-0.2, 0) is 9.59 Å². The topological polar surface area (TPSA) is 66.9 Å². The molecule has 0 aliphatic carbocycles. The number of benzene rings is 1. The molecule has 0 atom stereocenters. The van der Waals surface area contributed by atoms with Crippen molar-refractivity contribution < 1.29 is 19.1 Å². The Balaban J connectivity index is 1.74. The van der Waals surface area contributed by atoms with Crippen LogP contribution in [0.4, 0.5) is 4.79 Å². The summed E-state index contributed by atoms with van der Waals surface area (Å²) in [6.07, 6.45) is 3.52. The van der Waals surface area contributed by atoms with Gasteiger partial charge in [-0.05, 0) is 48.4 Å². The molecule has 2 fully saturated rings. The molecule has 3 rings (SSSR count). The molecule has 6 nitrogen and oxygen atoms in total. The molecule has 0 radical (unpaired) electrons. The van der Waals surface area contributed by atoms with Gasteiger partial charge in [0, 0.05) is 13.1 Å². The van der Waals surface area contributed by atoms with Gasteiger partial charge in [-0.25, -0.2) is 0 Å². The van der Waals surface area contributed by atoms with E-state index in [2.05, 4.69) is 0 Å². The Morgan fingerprint density at radius 2 is 2.04 bits per heavy atom. The molecule has 0 bridgehead atoms. The maximum atomic E-state index is 12.5. The lowest BCUT2D eigenvalue weighted by Crippen LogP contribution is -2.40. The molecule has 132 valence electrons. The second-order valence-electron chi connectivity index (χ2n) is 5.75. The molecular weight excluding hydrogens is 364 g/mol. The Kier molecular flexibility index (Phi) is 5.34. The van der Waals surface area contributed by atoms with E-state index in [9.17, 15) is 14.4 Å². The number of hydrogen-bond acceptors (Lipinski definition) is 5. The van der Waals surface area contributed by atoms with E-state index in [1.54, 1.807) is 29.2 Å². The summed E-state index contributed by atoms with van der Waals surface area (Å²) in [6, 6.07) is 5.09. The molecule has 2 aliphatic heterocycles. The summed E-state index contributed by atoms with van der Waals surface area (Å²) in [5.41, 5.74) is 0.683. The predicted octanol–water partition coefficient (Wildman–Crippen LogP) is 3.01. The predicted molar refractivity (Wildman–Crippen MR) is 96.5 cm³/mol. The molecule has 1 aromatic carbocycles. The Hall–Kier alpha value is -1.99. The van der Waals surface area contributed by atoms with Gasteiger partial charge in [0.15, 0.2) is 0 Å². The number of likely N-dealkylation sites (tertiary alicyclic amines) is 1. The molecule has 25 heavy (non-hydrogen) atoms. The first-order valence-corrected chi connectivity index (χ1v) is 9.05. The molecule has 0 saturated carbocycles. The normalized spacial score (nSPS) is 19.2. The Bertz CT molecular complexity index is 759. The minimum atomic E-state index is -0.450. The zero-order valence-electron chi connectivity index (χ0n) is 13.7. The van der Waals surface area contributed by atoms with Crippen LogP contribution in [-0.4, -0.2) is 53.6 Å². The minimum Gasteiger partial charge on any atom is -0.495 e. The summed E-state index contributed by atoms with van der Waals surface area (Å²) < 4.78 is 5.09. The van der Waals surface area contributed by atoms with Crippen LogP contribution in [0.5, 0.6) is 5.75 Å². The molecule has 0 spiro atoms. The number of amides is 3. The molecule has 2 saturated heterocycles. The van der Waals surface area contributed by atoms with Crippen LogP contribution in [0, 0.1) is 0 Å². The van der Waals surface area contributed by atoms with Gasteiger partial charge in [0.2, 0.25) is 5.91 Å². The lowest BCUT2D eigenvalue weighted by molar-refractivity contribution is -0.135. The first-order chi connectivity index (χ1) is 12.0. The molecule has 0 unspecified atom stereocenters. The van der Waals surface area contributed by atoms with Crippen LogP contribution < -0.4 is 4.74 Å². The molecule has 8 heteroatoms. The van der Waals surface area contributed by atoms with Gasteiger partial charge in [0.05, 0.1) is 17.0 Å². The fraction of sp³-hybridized carbons (Fsp3) is 0.353.